The number of hydrogen-bond donors (Lipinski definition) is 1. The van der Waals surface area contributed by atoms with E-state index in [9.17, 15) is 0 Å². The van der Waals surface area contributed by atoms with Gasteiger partial charge in [-0.3, -0.25) is 0 Å². The standard InChI is InChI=1S/C12H17NO/c1-13-12(10-6-3-7-14-10)11-8-4-2-5-9(8)11/h3,6-9,11-13H,2,4-5H2,1H3. The Balaban J connectivity index is 1.77. The van der Waals surface area contributed by atoms with Crippen molar-refractivity contribution in [1.82, 2.24) is 5.32 Å². The predicted molar refractivity (Wildman–Crippen MR) is 54.8 cm³/mol. The van der Waals surface area contributed by atoms with Crippen LogP contribution >= 0.6 is 0 Å². The molecule has 76 valence electrons. The fourth-order valence-corrected chi connectivity index (χ4v) is 3.36. The lowest BCUT2D eigenvalue weighted by Crippen LogP contribution is -2.19. The van der Waals surface area contributed by atoms with Crippen molar-refractivity contribution in [2.45, 2.75) is 25.3 Å². The van der Waals surface area contributed by atoms with Crippen LogP contribution in [0.3, 0.4) is 0 Å². The van der Waals surface area contributed by atoms with Gasteiger partial charge in [-0.2, -0.15) is 0 Å². The quantitative estimate of drug-likeness (QED) is 0.794. The third-order valence-electron chi connectivity index (χ3n) is 4.02. The Morgan fingerprint density at radius 1 is 1.43 bits per heavy atom. The Morgan fingerprint density at radius 3 is 2.79 bits per heavy atom. The van der Waals surface area contributed by atoms with E-state index < -0.39 is 0 Å². The molecule has 3 unspecified atom stereocenters. The van der Waals surface area contributed by atoms with E-state index in [-0.39, 0.29) is 0 Å². The van der Waals surface area contributed by atoms with Gasteiger partial charge in [-0.1, -0.05) is 6.42 Å². The molecule has 3 rings (SSSR count). The molecule has 2 nitrogen and oxygen atoms in total. The molecule has 1 aromatic heterocycles. The maximum atomic E-state index is 5.49. The first-order valence-electron chi connectivity index (χ1n) is 5.62. The molecular formula is C12H17NO. The minimum Gasteiger partial charge on any atom is -0.468 e. The first-order chi connectivity index (χ1) is 6.92. The zero-order chi connectivity index (χ0) is 9.54. The first-order valence-corrected chi connectivity index (χ1v) is 5.62. The van der Waals surface area contributed by atoms with Crippen molar-refractivity contribution >= 4 is 0 Å². The Bertz CT molecular complexity index is 296. The highest BCUT2D eigenvalue weighted by molar-refractivity contribution is 5.14. The minimum atomic E-state index is 0.459. The van der Waals surface area contributed by atoms with Gasteiger partial charge < -0.3 is 9.73 Å². The summed E-state index contributed by atoms with van der Waals surface area (Å²) >= 11 is 0. The van der Waals surface area contributed by atoms with Crippen LogP contribution in [0.5, 0.6) is 0 Å². The first kappa shape index (κ1) is 8.54. The molecular weight excluding hydrogens is 174 g/mol. The molecule has 0 saturated heterocycles. The van der Waals surface area contributed by atoms with Crippen molar-refractivity contribution in [2.24, 2.45) is 17.8 Å². The third kappa shape index (κ3) is 1.13. The van der Waals surface area contributed by atoms with Crippen molar-refractivity contribution in [2.75, 3.05) is 7.05 Å². The SMILES string of the molecule is CNC(c1ccco1)C1C2CCCC21. The van der Waals surface area contributed by atoms with Crippen LogP contribution in [-0.4, -0.2) is 7.05 Å². The molecule has 3 atom stereocenters. The van der Waals surface area contributed by atoms with E-state index in [0.29, 0.717) is 6.04 Å². The molecule has 0 bridgehead atoms. The summed E-state index contributed by atoms with van der Waals surface area (Å²) in [6.07, 6.45) is 6.10. The summed E-state index contributed by atoms with van der Waals surface area (Å²) in [5, 5.41) is 3.40. The molecule has 0 aromatic carbocycles. The molecule has 0 radical (unpaired) electrons. The fraction of sp³-hybridized carbons (Fsp3) is 0.667. The fourth-order valence-electron chi connectivity index (χ4n) is 3.36. The van der Waals surface area contributed by atoms with Gasteiger partial charge in [0.05, 0.1) is 12.3 Å². The molecule has 0 spiro atoms. The molecule has 1 aromatic rings. The minimum absolute atomic E-state index is 0.459. The molecule has 14 heavy (non-hydrogen) atoms. The van der Waals surface area contributed by atoms with Gasteiger partial charge in [0.1, 0.15) is 5.76 Å². The Labute approximate surface area is 84.7 Å². The lowest BCUT2D eigenvalue weighted by atomic mass is 10.0. The van der Waals surface area contributed by atoms with Crippen LogP contribution in [0.2, 0.25) is 0 Å². The number of rotatable bonds is 3. The van der Waals surface area contributed by atoms with E-state index in [2.05, 4.69) is 11.4 Å². The molecule has 2 saturated carbocycles. The van der Waals surface area contributed by atoms with Gasteiger partial charge in [-0.05, 0) is 49.8 Å². The summed E-state index contributed by atoms with van der Waals surface area (Å²) in [6.45, 7) is 0. The van der Waals surface area contributed by atoms with E-state index in [1.54, 1.807) is 6.26 Å². The van der Waals surface area contributed by atoms with Gasteiger partial charge in [-0.25, -0.2) is 0 Å². The van der Waals surface area contributed by atoms with E-state index in [0.717, 1.165) is 23.5 Å². The number of furan rings is 1. The normalized spacial score (nSPS) is 36.8. The van der Waals surface area contributed by atoms with Crippen molar-refractivity contribution in [1.29, 1.82) is 0 Å². The molecule has 1 heterocycles. The van der Waals surface area contributed by atoms with Crippen LogP contribution in [0.1, 0.15) is 31.1 Å². The van der Waals surface area contributed by atoms with Crippen LogP contribution in [0.25, 0.3) is 0 Å². The molecule has 2 fully saturated rings. The highest BCUT2D eigenvalue weighted by Crippen LogP contribution is 2.62. The van der Waals surface area contributed by atoms with E-state index >= 15 is 0 Å². The van der Waals surface area contributed by atoms with Crippen LogP contribution in [0.4, 0.5) is 0 Å². The van der Waals surface area contributed by atoms with Gasteiger partial charge in [-0.15, -0.1) is 0 Å². The summed E-state index contributed by atoms with van der Waals surface area (Å²) in [4.78, 5) is 0. The van der Waals surface area contributed by atoms with E-state index in [4.69, 9.17) is 4.42 Å². The molecule has 0 aliphatic heterocycles. The largest absolute Gasteiger partial charge is 0.468 e. The number of nitrogens with one attached hydrogen (secondary N) is 1. The second-order valence-electron chi connectivity index (χ2n) is 4.62. The van der Waals surface area contributed by atoms with Gasteiger partial charge in [0, 0.05) is 0 Å². The molecule has 2 aliphatic rings. The second-order valence-corrected chi connectivity index (χ2v) is 4.62. The van der Waals surface area contributed by atoms with Gasteiger partial charge in [0.2, 0.25) is 0 Å². The molecule has 2 aliphatic carbocycles. The third-order valence-corrected chi connectivity index (χ3v) is 4.02. The van der Waals surface area contributed by atoms with Crippen LogP contribution < -0.4 is 5.32 Å². The summed E-state index contributed by atoms with van der Waals surface area (Å²) < 4.78 is 5.49. The molecule has 2 heteroatoms. The highest BCUT2D eigenvalue weighted by Gasteiger charge is 2.56. The maximum absolute atomic E-state index is 5.49. The zero-order valence-corrected chi connectivity index (χ0v) is 8.57. The second kappa shape index (κ2) is 3.13. The van der Waals surface area contributed by atoms with Crippen LogP contribution in [0.15, 0.2) is 22.8 Å². The smallest absolute Gasteiger partial charge is 0.120 e. The van der Waals surface area contributed by atoms with Gasteiger partial charge >= 0.3 is 0 Å². The molecule has 1 N–H and O–H groups in total. The summed E-state index contributed by atoms with van der Waals surface area (Å²) in [5.41, 5.74) is 0. The molecule has 0 amide bonds. The predicted octanol–water partition coefficient (Wildman–Crippen LogP) is 2.59. The lowest BCUT2D eigenvalue weighted by Gasteiger charge is -2.15. The van der Waals surface area contributed by atoms with Crippen molar-refractivity contribution in [3.63, 3.8) is 0 Å². The topological polar surface area (TPSA) is 25.2 Å². The lowest BCUT2D eigenvalue weighted by molar-refractivity contribution is 0.367. The van der Waals surface area contributed by atoms with Crippen molar-refractivity contribution in [3.05, 3.63) is 24.2 Å². The summed E-state index contributed by atoms with van der Waals surface area (Å²) in [6, 6.07) is 4.54. The van der Waals surface area contributed by atoms with Gasteiger partial charge in [0.25, 0.3) is 0 Å². The monoisotopic (exact) mass is 191 g/mol. The number of fused-ring (bicyclic) bond motifs is 1. The number of hydrogen-bond acceptors (Lipinski definition) is 2. The van der Waals surface area contributed by atoms with Crippen LogP contribution in [-0.2, 0) is 0 Å². The average molecular weight is 191 g/mol. The van der Waals surface area contributed by atoms with E-state index in [1.165, 1.54) is 19.3 Å². The average Bonchev–Trinajstić information content (AvgIpc) is 2.67. The van der Waals surface area contributed by atoms with E-state index in [1.807, 2.05) is 13.1 Å². The Hall–Kier alpha value is -0.760. The Morgan fingerprint density at radius 2 is 2.21 bits per heavy atom. The van der Waals surface area contributed by atoms with Gasteiger partial charge in [0.15, 0.2) is 0 Å². The zero-order valence-electron chi connectivity index (χ0n) is 8.57. The van der Waals surface area contributed by atoms with Crippen molar-refractivity contribution < 1.29 is 4.42 Å². The maximum Gasteiger partial charge on any atom is 0.120 e. The summed E-state index contributed by atoms with van der Waals surface area (Å²) in [5.74, 6) is 3.93. The Kier molecular flexibility index (Phi) is 1.91. The van der Waals surface area contributed by atoms with Crippen molar-refractivity contribution in [3.8, 4) is 0 Å². The summed E-state index contributed by atoms with van der Waals surface area (Å²) in [7, 11) is 2.04. The van der Waals surface area contributed by atoms with Crippen LogP contribution in [0, 0.1) is 17.8 Å². The highest BCUT2D eigenvalue weighted by atomic mass is 16.3.